The van der Waals surface area contributed by atoms with Gasteiger partial charge in [-0.15, -0.1) is 0 Å². The Labute approximate surface area is 167 Å². The molecule has 0 spiro atoms. The molecule has 27 heavy (non-hydrogen) atoms. The van der Waals surface area contributed by atoms with Crippen LogP contribution in [-0.2, 0) is 13.1 Å². The summed E-state index contributed by atoms with van der Waals surface area (Å²) in [4.78, 5) is 14.2. The fraction of sp³-hybridized carbons (Fsp3) is 0.316. The maximum Gasteiger partial charge on any atom is 0.272 e. The quantitative estimate of drug-likeness (QED) is 0.594. The number of rotatable bonds is 9. The van der Waals surface area contributed by atoms with E-state index in [0.29, 0.717) is 12.2 Å². The molecule has 142 valence electrons. The lowest BCUT2D eigenvalue weighted by Gasteiger charge is -2.18. The van der Waals surface area contributed by atoms with E-state index in [2.05, 4.69) is 48.9 Å². The minimum atomic E-state index is -0.233. The Kier molecular flexibility index (Phi) is 6.92. The van der Waals surface area contributed by atoms with Gasteiger partial charge >= 0.3 is 0 Å². The minimum Gasteiger partial charge on any atom is -0.489 e. The molecule has 3 aromatic rings. The van der Waals surface area contributed by atoms with E-state index >= 15 is 0 Å². The van der Waals surface area contributed by atoms with E-state index < -0.39 is 0 Å². The molecule has 2 aromatic heterocycles. The molecule has 0 saturated carbocycles. The highest BCUT2D eigenvalue weighted by atomic mass is 32.1. The van der Waals surface area contributed by atoms with Gasteiger partial charge in [0.15, 0.2) is 5.69 Å². The lowest BCUT2D eigenvalue weighted by Crippen LogP contribution is -2.33. The monoisotopic (exact) mass is 402 g/mol. The van der Waals surface area contributed by atoms with Crippen molar-refractivity contribution in [1.82, 2.24) is 19.0 Å². The van der Waals surface area contributed by atoms with Gasteiger partial charge in [-0.2, -0.15) is 20.1 Å². The van der Waals surface area contributed by atoms with Crippen LogP contribution in [0, 0.1) is 0 Å². The number of nitrogens with one attached hydrogen (secondary N) is 1. The third kappa shape index (κ3) is 6.13. The molecule has 0 bridgehead atoms. The summed E-state index contributed by atoms with van der Waals surface area (Å²) in [5.74, 6) is 0.566. The number of amides is 1. The van der Waals surface area contributed by atoms with Gasteiger partial charge in [-0.05, 0) is 54.1 Å². The highest BCUT2D eigenvalue weighted by Crippen LogP contribution is 2.17. The van der Waals surface area contributed by atoms with Crippen molar-refractivity contribution in [1.29, 1.82) is 0 Å². The number of benzene rings is 1. The molecule has 0 fully saturated rings. The molecular formula is C19H22N4O2S2. The van der Waals surface area contributed by atoms with Crippen molar-refractivity contribution >= 4 is 29.0 Å². The van der Waals surface area contributed by atoms with Gasteiger partial charge in [0.05, 0.1) is 24.5 Å². The van der Waals surface area contributed by atoms with Crippen molar-refractivity contribution in [2.45, 2.75) is 26.1 Å². The first-order chi connectivity index (χ1) is 13.1. The van der Waals surface area contributed by atoms with Gasteiger partial charge in [-0.25, -0.2) is 0 Å². The Bertz CT molecular complexity index is 837. The highest BCUT2D eigenvalue weighted by Gasteiger charge is 2.11. The molecule has 0 saturated heterocycles. The zero-order chi connectivity index (χ0) is 19.1. The molecule has 1 amide bonds. The van der Waals surface area contributed by atoms with E-state index in [0.717, 1.165) is 30.6 Å². The predicted octanol–water partition coefficient (Wildman–Crippen LogP) is 3.43. The van der Waals surface area contributed by atoms with Crippen LogP contribution in [-0.4, -0.2) is 39.3 Å². The number of nitrogens with zero attached hydrogens (tertiary/aromatic N) is 3. The number of hydrogen-bond acceptors (Lipinski definition) is 7. The maximum absolute atomic E-state index is 11.9. The molecule has 0 aliphatic carbocycles. The fourth-order valence-corrected chi connectivity index (χ4v) is 3.72. The first-order valence-electron chi connectivity index (χ1n) is 8.61. The van der Waals surface area contributed by atoms with E-state index in [1.807, 2.05) is 25.1 Å². The molecular weight excluding hydrogens is 380 g/mol. The average Bonchev–Trinajstić information content (AvgIpc) is 3.33. The zero-order valence-corrected chi connectivity index (χ0v) is 16.9. The van der Waals surface area contributed by atoms with Gasteiger partial charge in [0.25, 0.3) is 5.91 Å². The largest absolute Gasteiger partial charge is 0.489 e. The van der Waals surface area contributed by atoms with Gasteiger partial charge < -0.3 is 10.1 Å². The minimum absolute atomic E-state index is 0.153. The summed E-state index contributed by atoms with van der Waals surface area (Å²) in [7, 11) is 2.11. The van der Waals surface area contributed by atoms with Crippen molar-refractivity contribution in [3.63, 3.8) is 0 Å². The normalized spacial score (nSPS) is 12.1. The molecule has 0 aliphatic rings. The molecule has 1 aromatic carbocycles. The summed E-state index contributed by atoms with van der Waals surface area (Å²) in [5.41, 5.74) is 2.85. The fourth-order valence-electron chi connectivity index (χ4n) is 2.64. The predicted molar refractivity (Wildman–Crippen MR) is 108 cm³/mol. The standard InChI is InChI=1S/C19H22N4O2S2/c1-14(9-20-19(24)18-10-21-27-22-18)25-17-5-3-4-15(8-17)11-23(2)12-16-6-7-26-13-16/h3-8,10,13-14H,9,11-12H2,1-2H3,(H,20,24)/t14-/m0/s1. The van der Waals surface area contributed by atoms with Crippen LogP contribution in [0.3, 0.4) is 0 Å². The van der Waals surface area contributed by atoms with Gasteiger partial charge in [0, 0.05) is 13.1 Å². The molecule has 0 aliphatic heterocycles. The number of carbonyl (C=O) groups excluding carboxylic acids is 1. The van der Waals surface area contributed by atoms with Crippen molar-refractivity contribution in [2.24, 2.45) is 0 Å². The van der Waals surface area contributed by atoms with Crippen LogP contribution >= 0.6 is 23.1 Å². The van der Waals surface area contributed by atoms with Gasteiger partial charge in [-0.1, -0.05) is 12.1 Å². The Hall–Kier alpha value is -2.29. The topological polar surface area (TPSA) is 67.3 Å². The second-order valence-corrected chi connectivity index (χ2v) is 7.72. The van der Waals surface area contributed by atoms with Crippen molar-refractivity contribution in [2.75, 3.05) is 13.6 Å². The molecule has 0 unspecified atom stereocenters. The van der Waals surface area contributed by atoms with Crippen LogP contribution in [0.25, 0.3) is 0 Å². The van der Waals surface area contributed by atoms with Crippen LogP contribution in [0.2, 0.25) is 0 Å². The van der Waals surface area contributed by atoms with Crippen LogP contribution in [0.15, 0.2) is 47.3 Å². The van der Waals surface area contributed by atoms with E-state index in [4.69, 9.17) is 4.74 Å². The van der Waals surface area contributed by atoms with Crippen LogP contribution < -0.4 is 10.1 Å². The van der Waals surface area contributed by atoms with E-state index in [9.17, 15) is 4.79 Å². The van der Waals surface area contributed by atoms with E-state index in [-0.39, 0.29) is 12.0 Å². The van der Waals surface area contributed by atoms with Crippen molar-refractivity contribution < 1.29 is 9.53 Å². The second-order valence-electron chi connectivity index (χ2n) is 6.38. The first-order valence-corrected chi connectivity index (χ1v) is 10.3. The average molecular weight is 403 g/mol. The summed E-state index contributed by atoms with van der Waals surface area (Å²) in [6.45, 7) is 4.09. The molecule has 1 N–H and O–H groups in total. The molecule has 6 nitrogen and oxygen atoms in total. The Balaban J connectivity index is 1.48. The smallest absolute Gasteiger partial charge is 0.272 e. The van der Waals surface area contributed by atoms with Crippen molar-refractivity contribution in [3.8, 4) is 5.75 Å². The van der Waals surface area contributed by atoms with Crippen molar-refractivity contribution in [3.05, 3.63) is 64.1 Å². The third-order valence-corrected chi connectivity index (χ3v) is 5.07. The lowest BCUT2D eigenvalue weighted by molar-refractivity contribution is 0.0928. The van der Waals surface area contributed by atoms with Crippen LogP contribution in [0.1, 0.15) is 28.5 Å². The number of ether oxygens (including phenoxy) is 1. The van der Waals surface area contributed by atoms with Gasteiger partial charge in [-0.3, -0.25) is 9.69 Å². The molecule has 3 rings (SSSR count). The number of aromatic nitrogens is 2. The van der Waals surface area contributed by atoms with Gasteiger partial charge in [0.1, 0.15) is 11.9 Å². The number of carbonyl (C=O) groups is 1. The van der Waals surface area contributed by atoms with Crippen LogP contribution in [0.5, 0.6) is 5.75 Å². The number of thiophene rings is 1. The summed E-state index contributed by atoms with van der Waals surface area (Å²) >= 11 is 2.74. The Morgan fingerprint density at radius 2 is 2.15 bits per heavy atom. The Morgan fingerprint density at radius 1 is 1.30 bits per heavy atom. The third-order valence-electron chi connectivity index (χ3n) is 3.86. The second kappa shape index (κ2) is 9.59. The SMILES string of the molecule is C[C@@H](CNC(=O)c1cnsn1)Oc1cccc(CN(C)Cc2ccsc2)c1. The maximum atomic E-state index is 11.9. The molecule has 0 radical (unpaired) electrons. The zero-order valence-electron chi connectivity index (χ0n) is 15.3. The lowest BCUT2D eigenvalue weighted by atomic mass is 10.2. The highest BCUT2D eigenvalue weighted by molar-refractivity contribution is 7.07. The van der Waals surface area contributed by atoms with Gasteiger partial charge in [0.2, 0.25) is 0 Å². The Morgan fingerprint density at radius 3 is 2.89 bits per heavy atom. The number of hydrogen-bond donors (Lipinski definition) is 1. The van der Waals surface area contributed by atoms with Crippen LogP contribution in [0.4, 0.5) is 0 Å². The molecule has 1 atom stereocenters. The molecule has 2 heterocycles. The van der Waals surface area contributed by atoms with E-state index in [1.54, 1.807) is 11.3 Å². The first kappa shape index (κ1) is 19.5. The molecule has 8 heteroatoms. The summed E-state index contributed by atoms with van der Waals surface area (Å²) < 4.78 is 13.7. The van der Waals surface area contributed by atoms with E-state index in [1.165, 1.54) is 17.3 Å². The summed E-state index contributed by atoms with van der Waals surface area (Å²) in [5, 5.41) is 7.08. The summed E-state index contributed by atoms with van der Waals surface area (Å²) in [6, 6.07) is 10.2. The summed E-state index contributed by atoms with van der Waals surface area (Å²) in [6.07, 6.45) is 1.31.